The van der Waals surface area contributed by atoms with Crippen molar-refractivity contribution in [3.05, 3.63) is 24.3 Å². The predicted octanol–water partition coefficient (Wildman–Crippen LogP) is 2.45. The third-order valence-corrected chi connectivity index (χ3v) is 2.00. The van der Waals surface area contributed by atoms with Crippen molar-refractivity contribution in [1.82, 2.24) is 5.32 Å². The second-order valence-corrected chi connectivity index (χ2v) is 3.38. The zero-order chi connectivity index (χ0) is 11.8. The van der Waals surface area contributed by atoms with E-state index in [4.69, 9.17) is 16.3 Å². The SMILES string of the molecule is CCOc1ccccc1NC(=O)NCCCl. The van der Waals surface area contributed by atoms with E-state index in [1.807, 2.05) is 19.1 Å². The van der Waals surface area contributed by atoms with Gasteiger partial charge in [0.05, 0.1) is 12.3 Å². The van der Waals surface area contributed by atoms with Gasteiger partial charge < -0.3 is 15.4 Å². The quantitative estimate of drug-likeness (QED) is 0.780. The summed E-state index contributed by atoms with van der Waals surface area (Å²) in [7, 11) is 0. The summed E-state index contributed by atoms with van der Waals surface area (Å²) in [5.41, 5.74) is 0.649. The van der Waals surface area contributed by atoms with E-state index in [0.29, 0.717) is 30.5 Å². The van der Waals surface area contributed by atoms with Gasteiger partial charge >= 0.3 is 6.03 Å². The lowest BCUT2D eigenvalue weighted by Crippen LogP contribution is -2.30. The summed E-state index contributed by atoms with van der Waals surface area (Å²) >= 11 is 5.46. The number of alkyl halides is 1. The fraction of sp³-hybridized carbons (Fsp3) is 0.364. The lowest BCUT2D eigenvalue weighted by Gasteiger charge is -2.11. The summed E-state index contributed by atoms with van der Waals surface area (Å²) in [6.07, 6.45) is 0. The highest BCUT2D eigenvalue weighted by molar-refractivity contribution is 6.18. The molecule has 2 N–H and O–H groups in total. The van der Waals surface area contributed by atoms with Crippen molar-refractivity contribution in [2.45, 2.75) is 6.92 Å². The summed E-state index contributed by atoms with van der Waals surface area (Å²) in [6.45, 7) is 2.89. The maximum absolute atomic E-state index is 11.4. The van der Waals surface area contributed by atoms with Crippen molar-refractivity contribution in [1.29, 1.82) is 0 Å². The first-order valence-electron chi connectivity index (χ1n) is 5.10. The van der Waals surface area contributed by atoms with Gasteiger partial charge in [-0.2, -0.15) is 0 Å². The molecule has 88 valence electrons. The average Bonchev–Trinajstić information content (AvgIpc) is 2.29. The van der Waals surface area contributed by atoms with Gasteiger partial charge in [0.1, 0.15) is 5.75 Å². The Kier molecular flexibility index (Phi) is 5.50. The summed E-state index contributed by atoms with van der Waals surface area (Å²) in [4.78, 5) is 11.4. The Morgan fingerprint density at radius 2 is 2.19 bits per heavy atom. The van der Waals surface area contributed by atoms with Crippen LogP contribution >= 0.6 is 11.6 Å². The molecule has 2 amide bonds. The molecule has 0 atom stereocenters. The van der Waals surface area contributed by atoms with Crippen LogP contribution in [0.4, 0.5) is 10.5 Å². The highest BCUT2D eigenvalue weighted by Gasteiger charge is 2.05. The highest BCUT2D eigenvalue weighted by atomic mass is 35.5. The number of rotatable bonds is 5. The molecule has 0 aliphatic heterocycles. The number of hydrogen-bond donors (Lipinski definition) is 2. The van der Waals surface area contributed by atoms with Crippen LogP contribution in [0.1, 0.15) is 6.92 Å². The lowest BCUT2D eigenvalue weighted by atomic mass is 10.3. The predicted molar refractivity (Wildman–Crippen MR) is 65.4 cm³/mol. The number of urea groups is 1. The third kappa shape index (κ3) is 3.98. The molecule has 1 aromatic rings. The van der Waals surface area contributed by atoms with E-state index in [2.05, 4.69) is 10.6 Å². The normalized spacial score (nSPS) is 9.62. The van der Waals surface area contributed by atoms with Crippen LogP contribution in [-0.2, 0) is 0 Å². The first-order chi connectivity index (χ1) is 7.77. The molecule has 0 fully saturated rings. The van der Waals surface area contributed by atoms with Gasteiger partial charge in [-0.25, -0.2) is 4.79 Å². The van der Waals surface area contributed by atoms with Crippen molar-refractivity contribution < 1.29 is 9.53 Å². The third-order valence-electron chi connectivity index (χ3n) is 1.82. The standard InChI is InChI=1S/C11H15ClN2O2/c1-2-16-10-6-4-3-5-9(10)14-11(15)13-8-7-12/h3-6H,2,7-8H2,1H3,(H2,13,14,15). The molecule has 16 heavy (non-hydrogen) atoms. The molecule has 0 heterocycles. The van der Waals surface area contributed by atoms with E-state index in [-0.39, 0.29) is 6.03 Å². The fourth-order valence-corrected chi connectivity index (χ4v) is 1.27. The van der Waals surface area contributed by atoms with Crippen LogP contribution in [0, 0.1) is 0 Å². The van der Waals surface area contributed by atoms with E-state index in [0.717, 1.165) is 0 Å². The first-order valence-corrected chi connectivity index (χ1v) is 5.64. The number of nitrogens with one attached hydrogen (secondary N) is 2. The van der Waals surface area contributed by atoms with Crippen molar-refractivity contribution >= 4 is 23.3 Å². The van der Waals surface area contributed by atoms with Crippen LogP contribution in [0.3, 0.4) is 0 Å². The molecule has 0 unspecified atom stereocenters. The topological polar surface area (TPSA) is 50.4 Å². The van der Waals surface area contributed by atoms with E-state index in [1.165, 1.54) is 0 Å². The van der Waals surface area contributed by atoms with Gasteiger partial charge in [0, 0.05) is 12.4 Å². The van der Waals surface area contributed by atoms with Gasteiger partial charge in [0.2, 0.25) is 0 Å². The molecule has 0 aromatic heterocycles. The maximum Gasteiger partial charge on any atom is 0.319 e. The Bertz CT molecular complexity index is 345. The Morgan fingerprint density at radius 3 is 2.88 bits per heavy atom. The summed E-state index contributed by atoms with van der Waals surface area (Å²) in [5.74, 6) is 1.05. The van der Waals surface area contributed by atoms with Crippen LogP contribution in [0.2, 0.25) is 0 Å². The number of carbonyl (C=O) groups is 1. The number of para-hydroxylation sites is 2. The number of benzene rings is 1. The van der Waals surface area contributed by atoms with E-state index < -0.39 is 0 Å². The molecule has 1 rings (SSSR count). The van der Waals surface area contributed by atoms with Crippen LogP contribution in [0.5, 0.6) is 5.75 Å². The second-order valence-electron chi connectivity index (χ2n) is 3.00. The number of ether oxygens (including phenoxy) is 1. The van der Waals surface area contributed by atoms with Crippen molar-refractivity contribution in [2.24, 2.45) is 0 Å². The Balaban J connectivity index is 2.61. The minimum Gasteiger partial charge on any atom is -0.492 e. The van der Waals surface area contributed by atoms with Gasteiger partial charge in [-0.15, -0.1) is 11.6 Å². The fourth-order valence-electron chi connectivity index (χ4n) is 1.18. The summed E-state index contributed by atoms with van der Waals surface area (Å²) in [5, 5.41) is 5.31. The number of carbonyl (C=O) groups excluding carboxylic acids is 1. The average molecular weight is 243 g/mol. The maximum atomic E-state index is 11.4. The first kappa shape index (κ1) is 12.6. The molecule has 5 heteroatoms. The van der Waals surface area contributed by atoms with E-state index in [1.54, 1.807) is 12.1 Å². The van der Waals surface area contributed by atoms with Crippen molar-refractivity contribution in [3.63, 3.8) is 0 Å². The van der Waals surface area contributed by atoms with Gasteiger partial charge in [0.25, 0.3) is 0 Å². The van der Waals surface area contributed by atoms with E-state index >= 15 is 0 Å². The molecular formula is C11H15ClN2O2. The van der Waals surface area contributed by atoms with E-state index in [9.17, 15) is 4.79 Å². The smallest absolute Gasteiger partial charge is 0.319 e. The minimum atomic E-state index is -0.284. The van der Waals surface area contributed by atoms with Crippen LogP contribution in [0.25, 0.3) is 0 Å². The molecule has 0 bridgehead atoms. The minimum absolute atomic E-state index is 0.284. The molecule has 0 aliphatic carbocycles. The van der Waals surface area contributed by atoms with Gasteiger partial charge in [-0.05, 0) is 19.1 Å². The molecule has 4 nitrogen and oxygen atoms in total. The number of anilines is 1. The van der Waals surface area contributed by atoms with Crippen LogP contribution in [-0.4, -0.2) is 25.1 Å². The van der Waals surface area contributed by atoms with Gasteiger partial charge in [-0.3, -0.25) is 0 Å². The largest absolute Gasteiger partial charge is 0.492 e. The number of amides is 2. The van der Waals surface area contributed by atoms with Gasteiger partial charge in [0.15, 0.2) is 0 Å². The number of halogens is 1. The second kappa shape index (κ2) is 6.95. The molecule has 0 spiro atoms. The molecule has 0 saturated heterocycles. The van der Waals surface area contributed by atoms with Crippen LogP contribution < -0.4 is 15.4 Å². The van der Waals surface area contributed by atoms with Gasteiger partial charge in [-0.1, -0.05) is 12.1 Å². The zero-order valence-electron chi connectivity index (χ0n) is 9.13. The van der Waals surface area contributed by atoms with Crippen molar-refractivity contribution in [3.8, 4) is 5.75 Å². The zero-order valence-corrected chi connectivity index (χ0v) is 9.88. The Hall–Kier alpha value is -1.42. The summed E-state index contributed by atoms with van der Waals surface area (Å²) in [6, 6.07) is 6.99. The van der Waals surface area contributed by atoms with Crippen LogP contribution in [0.15, 0.2) is 24.3 Å². The summed E-state index contributed by atoms with van der Waals surface area (Å²) < 4.78 is 5.37. The highest BCUT2D eigenvalue weighted by Crippen LogP contribution is 2.23. The molecule has 0 aliphatic rings. The lowest BCUT2D eigenvalue weighted by molar-refractivity contribution is 0.252. The van der Waals surface area contributed by atoms with Crippen molar-refractivity contribution in [2.75, 3.05) is 24.3 Å². The molecular weight excluding hydrogens is 228 g/mol. The molecule has 0 radical (unpaired) electrons. The Morgan fingerprint density at radius 1 is 1.44 bits per heavy atom. The molecule has 1 aromatic carbocycles. The molecule has 0 saturated carbocycles. The number of hydrogen-bond acceptors (Lipinski definition) is 2. The Labute approximate surface area is 99.9 Å². The monoisotopic (exact) mass is 242 g/mol.